The predicted molar refractivity (Wildman–Crippen MR) is 105 cm³/mol. The number of nitrogens with zero attached hydrogens (tertiary/aromatic N) is 4. The minimum atomic E-state index is 0.198. The number of carbonyl (C=O) groups is 1. The number of carbonyl (C=O) groups excluding carboxylic acids is 1. The lowest BCUT2D eigenvalue weighted by molar-refractivity contribution is -0.117. The van der Waals surface area contributed by atoms with Gasteiger partial charge in [0.05, 0.1) is 13.2 Å². The van der Waals surface area contributed by atoms with E-state index in [-0.39, 0.29) is 11.8 Å². The number of aromatic nitrogens is 2. The van der Waals surface area contributed by atoms with Gasteiger partial charge in [0.1, 0.15) is 0 Å². The summed E-state index contributed by atoms with van der Waals surface area (Å²) in [5.41, 5.74) is 3.08. The molecule has 0 spiro atoms. The lowest BCUT2D eigenvalue weighted by atomic mass is 10.0. The van der Waals surface area contributed by atoms with Gasteiger partial charge >= 0.3 is 0 Å². The zero-order chi connectivity index (χ0) is 18.6. The smallest absolute Gasteiger partial charge is 0.227 e. The van der Waals surface area contributed by atoms with Crippen molar-refractivity contribution in [2.75, 3.05) is 42.6 Å². The van der Waals surface area contributed by atoms with Crippen molar-refractivity contribution in [3.8, 4) is 0 Å². The molecule has 0 unspecified atom stereocenters. The predicted octanol–water partition coefficient (Wildman–Crippen LogP) is 2.47. The molecule has 0 N–H and O–H groups in total. The largest absolute Gasteiger partial charge is 0.378 e. The van der Waals surface area contributed by atoms with Gasteiger partial charge in [-0.15, -0.1) is 0 Å². The molecule has 2 saturated heterocycles. The molecular formula is C21H26N4O2. The first-order valence-electron chi connectivity index (χ1n) is 9.78. The maximum absolute atomic E-state index is 12.5. The number of amides is 1. The number of morpholine rings is 1. The first-order chi connectivity index (χ1) is 13.2. The van der Waals surface area contributed by atoms with Crippen molar-refractivity contribution in [1.82, 2.24) is 9.97 Å². The third-order valence-electron chi connectivity index (χ3n) is 5.25. The number of para-hydroxylation sites is 1. The lowest BCUT2D eigenvalue weighted by Gasteiger charge is -2.27. The van der Waals surface area contributed by atoms with Crippen LogP contribution >= 0.6 is 0 Å². The van der Waals surface area contributed by atoms with Crippen LogP contribution in [0.4, 0.5) is 11.6 Å². The number of anilines is 2. The zero-order valence-electron chi connectivity index (χ0n) is 15.8. The van der Waals surface area contributed by atoms with Crippen LogP contribution < -0.4 is 9.80 Å². The molecule has 2 fully saturated rings. The number of hydrogen-bond acceptors (Lipinski definition) is 5. The molecule has 0 aliphatic carbocycles. The molecule has 1 aromatic carbocycles. The Labute approximate surface area is 160 Å². The van der Waals surface area contributed by atoms with Crippen molar-refractivity contribution < 1.29 is 9.53 Å². The summed E-state index contributed by atoms with van der Waals surface area (Å²) in [7, 11) is 0. The number of benzene rings is 1. The Morgan fingerprint density at radius 2 is 1.85 bits per heavy atom. The van der Waals surface area contributed by atoms with Crippen molar-refractivity contribution >= 4 is 17.5 Å². The summed E-state index contributed by atoms with van der Waals surface area (Å²) >= 11 is 0. The van der Waals surface area contributed by atoms with E-state index in [1.54, 1.807) is 0 Å². The molecular weight excluding hydrogens is 340 g/mol. The van der Waals surface area contributed by atoms with Crippen LogP contribution in [0.15, 0.2) is 36.4 Å². The van der Waals surface area contributed by atoms with E-state index in [0.29, 0.717) is 6.42 Å². The third kappa shape index (κ3) is 4.11. The lowest BCUT2D eigenvalue weighted by Crippen LogP contribution is -2.37. The molecule has 2 aliphatic rings. The average Bonchev–Trinajstić information content (AvgIpc) is 3.09. The van der Waals surface area contributed by atoms with Crippen molar-refractivity contribution in [3.63, 3.8) is 0 Å². The van der Waals surface area contributed by atoms with Gasteiger partial charge in [-0.1, -0.05) is 25.1 Å². The molecule has 4 rings (SSSR count). The van der Waals surface area contributed by atoms with Crippen LogP contribution in [0.5, 0.6) is 0 Å². The summed E-state index contributed by atoms with van der Waals surface area (Å²) in [6.07, 6.45) is 2.27. The molecule has 0 saturated carbocycles. The summed E-state index contributed by atoms with van der Waals surface area (Å²) in [4.78, 5) is 26.1. The van der Waals surface area contributed by atoms with E-state index in [4.69, 9.17) is 14.7 Å². The number of rotatable bonds is 5. The maximum Gasteiger partial charge on any atom is 0.227 e. The molecule has 6 heteroatoms. The van der Waals surface area contributed by atoms with Crippen LogP contribution in [0.1, 0.15) is 24.7 Å². The summed E-state index contributed by atoms with van der Waals surface area (Å²) in [5, 5.41) is 0. The quantitative estimate of drug-likeness (QED) is 0.814. The molecule has 1 aromatic heterocycles. The van der Waals surface area contributed by atoms with Crippen LogP contribution in [0.3, 0.4) is 0 Å². The fourth-order valence-corrected chi connectivity index (χ4v) is 3.80. The average molecular weight is 366 g/mol. The molecule has 3 heterocycles. The van der Waals surface area contributed by atoms with Gasteiger partial charge in [-0.3, -0.25) is 4.79 Å². The Kier molecular flexibility index (Phi) is 5.34. The van der Waals surface area contributed by atoms with Gasteiger partial charge in [-0.2, -0.15) is 0 Å². The van der Waals surface area contributed by atoms with Crippen LogP contribution in [-0.4, -0.2) is 48.7 Å². The van der Waals surface area contributed by atoms with Gasteiger partial charge < -0.3 is 14.5 Å². The van der Waals surface area contributed by atoms with Crippen molar-refractivity contribution in [1.29, 1.82) is 0 Å². The second kappa shape index (κ2) is 8.05. The van der Waals surface area contributed by atoms with Crippen molar-refractivity contribution in [2.24, 2.45) is 5.92 Å². The standard InChI is InChI=1S/C21H26N4O2/c1-2-17-14-18(23-21(22-17)24-8-10-27-11-9-24)12-16-13-20(26)25(15-16)19-6-4-3-5-7-19/h3-7,14,16H,2,8-13,15H2,1H3/t16-/m1/s1. The highest BCUT2D eigenvalue weighted by atomic mass is 16.5. The zero-order valence-corrected chi connectivity index (χ0v) is 15.8. The van der Waals surface area contributed by atoms with Crippen LogP contribution in [0.25, 0.3) is 0 Å². The summed E-state index contributed by atoms with van der Waals surface area (Å²) in [6, 6.07) is 12.0. The molecule has 6 nitrogen and oxygen atoms in total. The molecule has 142 valence electrons. The molecule has 27 heavy (non-hydrogen) atoms. The van der Waals surface area contributed by atoms with Crippen molar-refractivity contribution in [3.05, 3.63) is 47.8 Å². The van der Waals surface area contributed by atoms with Gasteiger partial charge in [0.15, 0.2) is 0 Å². The molecule has 1 amide bonds. The fraction of sp³-hybridized carbons (Fsp3) is 0.476. The van der Waals surface area contributed by atoms with E-state index in [1.165, 1.54) is 0 Å². The van der Waals surface area contributed by atoms with Gasteiger partial charge in [-0.05, 0) is 37.0 Å². The van der Waals surface area contributed by atoms with Gasteiger partial charge in [0, 0.05) is 43.1 Å². The van der Waals surface area contributed by atoms with E-state index < -0.39 is 0 Å². The minimum absolute atomic E-state index is 0.198. The number of hydrogen-bond donors (Lipinski definition) is 0. The highest BCUT2D eigenvalue weighted by Crippen LogP contribution is 2.27. The second-order valence-corrected chi connectivity index (χ2v) is 7.22. The van der Waals surface area contributed by atoms with E-state index in [2.05, 4.69) is 17.9 Å². The number of aryl methyl sites for hydroxylation is 1. The topological polar surface area (TPSA) is 58.6 Å². The van der Waals surface area contributed by atoms with Crippen LogP contribution in [0.2, 0.25) is 0 Å². The Bertz CT molecular complexity index is 790. The first kappa shape index (κ1) is 17.9. The normalized spacial score (nSPS) is 20.3. The van der Waals surface area contributed by atoms with Gasteiger partial charge in [0.25, 0.3) is 0 Å². The van der Waals surface area contributed by atoms with Crippen molar-refractivity contribution in [2.45, 2.75) is 26.2 Å². The molecule has 2 aromatic rings. The molecule has 1 atom stereocenters. The van der Waals surface area contributed by atoms with Crippen LogP contribution in [0, 0.1) is 5.92 Å². The maximum atomic E-state index is 12.5. The number of ether oxygens (including phenoxy) is 1. The SMILES string of the molecule is CCc1cc(C[C@@H]2CC(=O)N(c3ccccc3)C2)nc(N2CCOCC2)n1. The van der Waals surface area contributed by atoms with E-state index >= 15 is 0 Å². The molecule has 2 aliphatic heterocycles. The summed E-state index contributed by atoms with van der Waals surface area (Å²) in [6.45, 7) is 5.97. The Morgan fingerprint density at radius 1 is 1.11 bits per heavy atom. The Hall–Kier alpha value is -2.47. The summed E-state index contributed by atoms with van der Waals surface area (Å²) in [5.74, 6) is 1.29. The van der Waals surface area contributed by atoms with E-state index in [1.807, 2.05) is 35.2 Å². The van der Waals surface area contributed by atoms with E-state index in [9.17, 15) is 4.79 Å². The monoisotopic (exact) mass is 366 g/mol. The highest BCUT2D eigenvalue weighted by Gasteiger charge is 2.31. The fourth-order valence-electron chi connectivity index (χ4n) is 3.80. The molecule has 0 bridgehead atoms. The Balaban J connectivity index is 1.49. The first-order valence-corrected chi connectivity index (χ1v) is 9.78. The minimum Gasteiger partial charge on any atom is -0.378 e. The second-order valence-electron chi connectivity index (χ2n) is 7.22. The third-order valence-corrected chi connectivity index (χ3v) is 5.25. The summed E-state index contributed by atoms with van der Waals surface area (Å²) < 4.78 is 5.44. The van der Waals surface area contributed by atoms with Crippen LogP contribution in [-0.2, 0) is 22.4 Å². The molecule has 0 radical (unpaired) electrons. The van der Waals surface area contributed by atoms with Gasteiger partial charge in [-0.25, -0.2) is 9.97 Å². The van der Waals surface area contributed by atoms with E-state index in [0.717, 1.165) is 68.7 Å². The highest BCUT2D eigenvalue weighted by molar-refractivity contribution is 5.95. The van der Waals surface area contributed by atoms with Gasteiger partial charge in [0.2, 0.25) is 11.9 Å². The Morgan fingerprint density at radius 3 is 2.59 bits per heavy atom.